The average Bonchev–Trinajstić information content (AvgIpc) is 2.93. The van der Waals surface area contributed by atoms with Gasteiger partial charge in [0.05, 0.1) is 18.9 Å². The molecule has 0 spiro atoms. The van der Waals surface area contributed by atoms with Crippen LogP contribution in [0.15, 0.2) is 29.4 Å². The Morgan fingerprint density at radius 2 is 2.05 bits per heavy atom. The molecule has 0 unspecified atom stereocenters. The third kappa shape index (κ3) is 3.76. The van der Waals surface area contributed by atoms with Gasteiger partial charge in [-0.3, -0.25) is 0 Å². The van der Waals surface area contributed by atoms with Gasteiger partial charge >= 0.3 is 0 Å². The van der Waals surface area contributed by atoms with Crippen LogP contribution in [-0.4, -0.2) is 27.6 Å². The Bertz CT molecular complexity index is 616. The summed E-state index contributed by atoms with van der Waals surface area (Å²) < 4.78 is 7.27. The van der Waals surface area contributed by atoms with Crippen LogP contribution < -0.4 is 4.74 Å². The fraction of sp³-hybridized carbons (Fsp3) is 0.400. The van der Waals surface area contributed by atoms with Crippen molar-refractivity contribution in [2.24, 2.45) is 0 Å². The average molecular weight is 302 g/mol. The molecule has 0 saturated heterocycles. The lowest BCUT2D eigenvalue weighted by molar-refractivity contribution is 0.415. The zero-order valence-electron chi connectivity index (χ0n) is 12.2. The van der Waals surface area contributed by atoms with Gasteiger partial charge in [-0.05, 0) is 30.7 Å². The summed E-state index contributed by atoms with van der Waals surface area (Å²) in [4.78, 5) is 0. The van der Waals surface area contributed by atoms with Crippen LogP contribution in [0.1, 0.15) is 19.8 Å². The molecule has 6 heteroatoms. The van der Waals surface area contributed by atoms with Crippen LogP contribution in [0.25, 0.3) is 11.4 Å². The molecule has 0 aliphatic heterocycles. The van der Waals surface area contributed by atoms with Crippen LogP contribution in [-0.2, 0) is 6.54 Å². The molecule has 0 amide bonds. The zero-order chi connectivity index (χ0) is 15.1. The minimum absolute atomic E-state index is 0.382. The van der Waals surface area contributed by atoms with E-state index in [0.717, 1.165) is 41.7 Å². The first kappa shape index (κ1) is 15.4. The van der Waals surface area contributed by atoms with E-state index < -0.39 is 0 Å². The summed E-state index contributed by atoms with van der Waals surface area (Å²) in [7, 11) is 1.65. The second-order valence-electron chi connectivity index (χ2n) is 4.49. The summed E-state index contributed by atoms with van der Waals surface area (Å²) in [6.07, 6.45) is 2.16. The number of rotatable bonds is 7. The molecule has 1 heterocycles. The topological polar surface area (TPSA) is 63.7 Å². The van der Waals surface area contributed by atoms with Crippen molar-refractivity contribution in [1.82, 2.24) is 14.8 Å². The highest BCUT2D eigenvalue weighted by molar-refractivity contribution is 7.99. The van der Waals surface area contributed by atoms with Crippen molar-refractivity contribution in [2.45, 2.75) is 31.5 Å². The molecule has 0 aliphatic rings. The first-order valence-corrected chi connectivity index (χ1v) is 7.86. The number of nitrogens with zero attached hydrogens (tertiary/aromatic N) is 4. The van der Waals surface area contributed by atoms with Gasteiger partial charge in [0.25, 0.3) is 0 Å². The molecule has 21 heavy (non-hydrogen) atoms. The molecule has 0 aliphatic carbocycles. The molecule has 1 aromatic heterocycles. The molecule has 0 saturated carbocycles. The lowest BCUT2D eigenvalue weighted by atomic mass is 10.2. The van der Waals surface area contributed by atoms with Crippen LogP contribution in [0.3, 0.4) is 0 Å². The highest BCUT2D eigenvalue weighted by Gasteiger charge is 2.13. The maximum atomic E-state index is 8.73. The van der Waals surface area contributed by atoms with Crippen LogP contribution in [0, 0.1) is 11.3 Å². The van der Waals surface area contributed by atoms with E-state index in [4.69, 9.17) is 10.00 Å². The zero-order valence-corrected chi connectivity index (χ0v) is 13.1. The van der Waals surface area contributed by atoms with Gasteiger partial charge in [-0.15, -0.1) is 10.2 Å². The molecule has 0 N–H and O–H groups in total. The van der Waals surface area contributed by atoms with Gasteiger partial charge < -0.3 is 9.30 Å². The summed E-state index contributed by atoms with van der Waals surface area (Å²) in [6, 6.07) is 9.91. The number of hydrogen-bond acceptors (Lipinski definition) is 5. The van der Waals surface area contributed by atoms with E-state index >= 15 is 0 Å². The predicted octanol–water partition coefficient (Wildman–Crippen LogP) is 3.37. The quantitative estimate of drug-likeness (QED) is 0.734. The molecule has 2 rings (SSSR count). The molecule has 0 fully saturated rings. The Hall–Kier alpha value is -2.00. The van der Waals surface area contributed by atoms with Crippen molar-refractivity contribution < 1.29 is 4.74 Å². The van der Waals surface area contributed by atoms with Gasteiger partial charge in [0.2, 0.25) is 0 Å². The first-order valence-electron chi connectivity index (χ1n) is 6.87. The van der Waals surface area contributed by atoms with E-state index in [9.17, 15) is 0 Å². The van der Waals surface area contributed by atoms with E-state index in [1.807, 2.05) is 24.3 Å². The highest BCUT2D eigenvalue weighted by atomic mass is 32.2. The standard InChI is InChI=1S/C15H18N4OS/c1-3-4-10-19-14(17-18-15(19)21-11-9-16)12-5-7-13(20-2)8-6-12/h5-8H,3-4,10-11H2,1-2H3. The molecule has 1 aromatic carbocycles. The van der Waals surface area contributed by atoms with Crippen molar-refractivity contribution in [3.63, 3.8) is 0 Å². The lowest BCUT2D eigenvalue weighted by Crippen LogP contribution is -2.02. The molecule has 0 radical (unpaired) electrons. The van der Waals surface area contributed by atoms with Crippen LogP contribution in [0.4, 0.5) is 0 Å². The largest absolute Gasteiger partial charge is 0.497 e. The fourth-order valence-corrected chi connectivity index (χ4v) is 2.59. The molecule has 5 nitrogen and oxygen atoms in total. The second-order valence-corrected chi connectivity index (χ2v) is 5.43. The van der Waals surface area contributed by atoms with Gasteiger partial charge in [0.1, 0.15) is 5.75 Å². The van der Waals surface area contributed by atoms with Gasteiger partial charge in [-0.1, -0.05) is 25.1 Å². The van der Waals surface area contributed by atoms with Crippen LogP contribution in [0.5, 0.6) is 5.75 Å². The maximum Gasteiger partial charge on any atom is 0.192 e. The number of hydrogen-bond donors (Lipinski definition) is 0. The van der Waals surface area contributed by atoms with Crippen molar-refractivity contribution in [2.75, 3.05) is 12.9 Å². The number of thioether (sulfide) groups is 1. The van der Waals surface area contributed by atoms with Crippen LogP contribution >= 0.6 is 11.8 Å². The molecular weight excluding hydrogens is 284 g/mol. The Morgan fingerprint density at radius 3 is 2.67 bits per heavy atom. The second kappa shape index (κ2) is 7.70. The Labute approximate surface area is 128 Å². The fourth-order valence-electron chi connectivity index (χ4n) is 1.96. The summed E-state index contributed by atoms with van der Waals surface area (Å²) in [5.41, 5.74) is 1.00. The Balaban J connectivity index is 2.32. The number of benzene rings is 1. The van der Waals surface area contributed by atoms with Crippen molar-refractivity contribution in [3.8, 4) is 23.2 Å². The molecular formula is C15H18N4OS. The Morgan fingerprint density at radius 1 is 1.29 bits per heavy atom. The van der Waals surface area contributed by atoms with Gasteiger partial charge in [0, 0.05) is 12.1 Å². The van der Waals surface area contributed by atoms with E-state index in [1.54, 1.807) is 7.11 Å². The van der Waals surface area contributed by atoms with Gasteiger partial charge in [0.15, 0.2) is 11.0 Å². The number of methoxy groups -OCH3 is 1. The predicted molar refractivity (Wildman–Crippen MR) is 83.3 cm³/mol. The number of aromatic nitrogens is 3. The third-order valence-corrected chi connectivity index (χ3v) is 3.90. The normalized spacial score (nSPS) is 10.3. The minimum atomic E-state index is 0.382. The van der Waals surface area contributed by atoms with E-state index in [0.29, 0.717) is 5.75 Å². The van der Waals surface area contributed by atoms with Gasteiger partial charge in [-0.25, -0.2) is 0 Å². The van der Waals surface area contributed by atoms with Crippen molar-refractivity contribution in [1.29, 1.82) is 5.26 Å². The summed E-state index contributed by atoms with van der Waals surface area (Å²) in [5, 5.41) is 18.0. The highest BCUT2D eigenvalue weighted by Crippen LogP contribution is 2.25. The number of ether oxygens (including phenoxy) is 1. The van der Waals surface area contributed by atoms with Gasteiger partial charge in [-0.2, -0.15) is 5.26 Å². The monoisotopic (exact) mass is 302 g/mol. The summed E-state index contributed by atoms with van der Waals surface area (Å²) >= 11 is 1.42. The Kier molecular flexibility index (Phi) is 5.64. The SMILES string of the molecule is CCCCn1c(SCC#N)nnc1-c1ccc(OC)cc1. The molecule has 110 valence electrons. The maximum absolute atomic E-state index is 8.73. The number of nitriles is 1. The third-order valence-electron chi connectivity index (χ3n) is 3.07. The summed E-state index contributed by atoms with van der Waals surface area (Å²) in [5.74, 6) is 2.04. The molecule has 0 bridgehead atoms. The number of unbranched alkanes of at least 4 members (excludes halogenated alkanes) is 1. The summed E-state index contributed by atoms with van der Waals surface area (Å²) in [6.45, 7) is 3.01. The van der Waals surface area contributed by atoms with Crippen LogP contribution in [0.2, 0.25) is 0 Å². The molecule has 0 atom stereocenters. The smallest absolute Gasteiger partial charge is 0.192 e. The van der Waals surface area contributed by atoms with E-state index in [2.05, 4.69) is 27.8 Å². The first-order chi connectivity index (χ1) is 10.3. The lowest BCUT2D eigenvalue weighted by Gasteiger charge is -2.09. The van der Waals surface area contributed by atoms with E-state index in [1.165, 1.54) is 11.8 Å². The molecule has 2 aromatic rings. The van der Waals surface area contributed by atoms with E-state index in [-0.39, 0.29) is 0 Å². The van der Waals surface area contributed by atoms with Crippen molar-refractivity contribution in [3.05, 3.63) is 24.3 Å². The van der Waals surface area contributed by atoms with Crippen molar-refractivity contribution >= 4 is 11.8 Å². The minimum Gasteiger partial charge on any atom is -0.497 e.